The molecule has 0 unspecified atom stereocenters. The van der Waals surface area contributed by atoms with Crippen molar-refractivity contribution in [2.75, 3.05) is 11.4 Å². The van der Waals surface area contributed by atoms with Gasteiger partial charge >= 0.3 is 0 Å². The quantitative estimate of drug-likeness (QED) is 0.526. The van der Waals surface area contributed by atoms with Crippen LogP contribution in [0, 0.1) is 0 Å². The van der Waals surface area contributed by atoms with Gasteiger partial charge in [-0.3, -0.25) is 4.79 Å². The molecule has 1 aliphatic heterocycles. The summed E-state index contributed by atoms with van der Waals surface area (Å²) in [5, 5.41) is 0.386. The Bertz CT molecular complexity index is 1210. The third-order valence-electron chi connectivity index (χ3n) is 5.11. The lowest BCUT2D eigenvalue weighted by molar-refractivity contribution is 0.0992. The zero-order chi connectivity index (χ0) is 20.8. The number of fused-ring (bicyclic) bond motifs is 3. The number of carbonyl (C=O) groups is 1. The van der Waals surface area contributed by atoms with Crippen molar-refractivity contribution in [1.82, 2.24) is 0 Å². The fourth-order valence-corrected chi connectivity index (χ4v) is 6.89. The number of para-hydroxylation sites is 1. The molecule has 2 heterocycles. The number of benzene rings is 2. The summed E-state index contributed by atoms with van der Waals surface area (Å²) >= 11 is 7.37. The first-order chi connectivity index (χ1) is 13.9. The average molecular weight is 446 g/mol. The van der Waals surface area contributed by atoms with E-state index in [1.807, 2.05) is 31.2 Å². The van der Waals surface area contributed by atoms with Crippen LogP contribution in [0.2, 0.25) is 5.02 Å². The standard InChI is InChI=1S/C22H20ClNO3S2/c1-3-14-7-5-6-8-18(14)24(4-2)22(25)19-11-15-13-29(26,27)20-12-16(23)9-10-17(20)21(15)28-19/h5-12H,3-4,13H2,1-2H3. The predicted molar refractivity (Wildman–Crippen MR) is 119 cm³/mol. The predicted octanol–water partition coefficient (Wildman–Crippen LogP) is 5.58. The van der Waals surface area contributed by atoms with Gasteiger partial charge in [0.2, 0.25) is 0 Å². The minimum atomic E-state index is -3.48. The van der Waals surface area contributed by atoms with Crippen molar-refractivity contribution in [3.63, 3.8) is 0 Å². The fraction of sp³-hybridized carbons (Fsp3) is 0.227. The maximum absolute atomic E-state index is 13.4. The summed E-state index contributed by atoms with van der Waals surface area (Å²) in [5.74, 6) is -0.224. The minimum absolute atomic E-state index is 0.110. The van der Waals surface area contributed by atoms with Crippen LogP contribution >= 0.6 is 22.9 Å². The van der Waals surface area contributed by atoms with Gasteiger partial charge in [-0.05, 0) is 48.7 Å². The maximum Gasteiger partial charge on any atom is 0.268 e. The number of thiophene rings is 1. The molecular weight excluding hydrogens is 426 g/mol. The topological polar surface area (TPSA) is 54.5 Å². The van der Waals surface area contributed by atoms with Gasteiger partial charge in [0, 0.05) is 27.7 Å². The molecule has 0 bridgehead atoms. The number of nitrogens with zero attached hydrogens (tertiary/aromatic N) is 1. The van der Waals surface area contributed by atoms with Gasteiger partial charge in [-0.1, -0.05) is 42.8 Å². The second-order valence-corrected chi connectivity index (χ2v) is 10.3. The maximum atomic E-state index is 13.4. The van der Waals surface area contributed by atoms with Gasteiger partial charge in [0.15, 0.2) is 9.84 Å². The second kappa shape index (κ2) is 7.59. The highest BCUT2D eigenvalue weighted by atomic mass is 35.5. The van der Waals surface area contributed by atoms with Crippen LogP contribution in [-0.2, 0) is 22.0 Å². The van der Waals surface area contributed by atoms with E-state index in [1.165, 1.54) is 17.4 Å². The first kappa shape index (κ1) is 20.1. The molecule has 3 aromatic rings. The largest absolute Gasteiger partial charge is 0.308 e. The molecule has 0 saturated carbocycles. The van der Waals surface area contributed by atoms with Crippen molar-refractivity contribution in [2.45, 2.75) is 30.9 Å². The number of rotatable bonds is 4. The summed E-state index contributed by atoms with van der Waals surface area (Å²) in [6, 6.07) is 14.5. The van der Waals surface area contributed by atoms with Gasteiger partial charge < -0.3 is 4.90 Å². The van der Waals surface area contributed by atoms with E-state index in [9.17, 15) is 13.2 Å². The van der Waals surface area contributed by atoms with E-state index in [2.05, 4.69) is 6.92 Å². The summed E-state index contributed by atoms with van der Waals surface area (Å²) < 4.78 is 25.4. The van der Waals surface area contributed by atoms with Crippen LogP contribution in [0.5, 0.6) is 0 Å². The van der Waals surface area contributed by atoms with Gasteiger partial charge in [-0.15, -0.1) is 11.3 Å². The Kier molecular flexibility index (Phi) is 5.27. The summed E-state index contributed by atoms with van der Waals surface area (Å²) in [4.78, 5) is 16.7. The molecule has 2 aromatic carbocycles. The SMILES string of the molecule is CCc1ccccc1N(CC)C(=O)c1cc2c(s1)-c1ccc(Cl)cc1S(=O)(=O)C2. The van der Waals surface area contributed by atoms with E-state index in [-0.39, 0.29) is 16.6 Å². The Labute approximate surface area is 179 Å². The Hall–Kier alpha value is -2.15. The van der Waals surface area contributed by atoms with Crippen LogP contribution in [0.25, 0.3) is 10.4 Å². The average Bonchev–Trinajstić information content (AvgIpc) is 3.12. The van der Waals surface area contributed by atoms with E-state index in [4.69, 9.17) is 11.6 Å². The Morgan fingerprint density at radius 2 is 1.90 bits per heavy atom. The summed E-state index contributed by atoms with van der Waals surface area (Å²) in [6.07, 6.45) is 0.827. The van der Waals surface area contributed by atoms with Gasteiger partial charge in [0.25, 0.3) is 5.91 Å². The molecule has 0 saturated heterocycles. The molecule has 0 radical (unpaired) electrons. The van der Waals surface area contributed by atoms with E-state index < -0.39 is 9.84 Å². The molecule has 0 atom stereocenters. The van der Waals surface area contributed by atoms with Crippen molar-refractivity contribution in [3.05, 3.63) is 69.6 Å². The molecule has 1 amide bonds. The first-order valence-electron chi connectivity index (χ1n) is 9.40. The molecule has 29 heavy (non-hydrogen) atoms. The highest BCUT2D eigenvalue weighted by Gasteiger charge is 2.32. The number of carbonyl (C=O) groups excluding carboxylic acids is 1. The molecule has 0 N–H and O–H groups in total. The van der Waals surface area contributed by atoms with Crippen LogP contribution in [0.15, 0.2) is 53.4 Å². The van der Waals surface area contributed by atoms with Gasteiger partial charge in [-0.2, -0.15) is 0 Å². The smallest absolute Gasteiger partial charge is 0.268 e. The summed E-state index contributed by atoms with van der Waals surface area (Å²) in [6.45, 7) is 4.54. The molecule has 4 nitrogen and oxygen atoms in total. The third-order valence-corrected chi connectivity index (χ3v) is 8.25. The van der Waals surface area contributed by atoms with Crippen molar-refractivity contribution in [3.8, 4) is 10.4 Å². The Morgan fingerprint density at radius 1 is 1.14 bits per heavy atom. The lowest BCUT2D eigenvalue weighted by Crippen LogP contribution is -2.30. The number of anilines is 1. The first-order valence-corrected chi connectivity index (χ1v) is 12.3. The van der Waals surface area contributed by atoms with Crippen LogP contribution in [0.3, 0.4) is 0 Å². The normalized spacial score (nSPS) is 14.2. The lowest BCUT2D eigenvalue weighted by Gasteiger charge is -2.23. The Balaban J connectivity index is 1.79. The molecule has 1 aromatic heterocycles. The number of aryl methyl sites for hydroxylation is 1. The summed E-state index contributed by atoms with van der Waals surface area (Å²) in [5.41, 5.74) is 3.30. The van der Waals surface area contributed by atoms with Crippen LogP contribution in [0.4, 0.5) is 5.69 Å². The number of amides is 1. The monoisotopic (exact) mass is 445 g/mol. The number of hydrogen-bond donors (Lipinski definition) is 0. The Morgan fingerprint density at radius 3 is 2.62 bits per heavy atom. The number of sulfone groups is 1. The third kappa shape index (κ3) is 3.50. The van der Waals surface area contributed by atoms with E-state index in [0.717, 1.165) is 22.5 Å². The molecular formula is C22H20ClNO3S2. The lowest BCUT2D eigenvalue weighted by atomic mass is 10.1. The van der Waals surface area contributed by atoms with Gasteiger partial charge in [0.05, 0.1) is 15.5 Å². The second-order valence-electron chi connectivity index (χ2n) is 6.90. The highest BCUT2D eigenvalue weighted by Crippen LogP contribution is 2.44. The molecule has 0 aliphatic carbocycles. The zero-order valence-electron chi connectivity index (χ0n) is 16.1. The van der Waals surface area contributed by atoms with Crippen molar-refractivity contribution < 1.29 is 13.2 Å². The molecule has 0 fully saturated rings. The minimum Gasteiger partial charge on any atom is -0.308 e. The molecule has 4 rings (SSSR count). The van der Waals surface area contributed by atoms with Crippen molar-refractivity contribution >= 4 is 44.4 Å². The van der Waals surface area contributed by atoms with Crippen molar-refractivity contribution in [1.29, 1.82) is 0 Å². The van der Waals surface area contributed by atoms with E-state index in [1.54, 1.807) is 23.1 Å². The van der Waals surface area contributed by atoms with E-state index >= 15 is 0 Å². The van der Waals surface area contributed by atoms with Gasteiger partial charge in [0.1, 0.15) is 0 Å². The molecule has 150 valence electrons. The van der Waals surface area contributed by atoms with Gasteiger partial charge in [-0.25, -0.2) is 8.42 Å². The van der Waals surface area contributed by atoms with Crippen molar-refractivity contribution in [2.24, 2.45) is 0 Å². The molecule has 7 heteroatoms. The number of hydrogen-bond acceptors (Lipinski definition) is 4. The fourth-order valence-electron chi connectivity index (χ4n) is 3.72. The van der Waals surface area contributed by atoms with Crippen LogP contribution in [0.1, 0.15) is 34.6 Å². The molecule has 1 aliphatic rings. The van der Waals surface area contributed by atoms with Crippen LogP contribution in [-0.4, -0.2) is 20.9 Å². The zero-order valence-corrected chi connectivity index (χ0v) is 18.5. The number of halogens is 1. The molecule has 0 spiro atoms. The highest BCUT2D eigenvalue weighted by molar-refractivity contribution is 7.91. The summed E-state index contributed by atoms with van der Waals surface area (Å²) in [7, 11) is -3.48. The van der Waals surface area contributed by atoms with E-state index in [0.29, 0.717) is 27.6 Å². The van der Waals surface area contributed by atoms with Crippen LogP contribution < -0.4 is 4.90 Å².